The molecule has 0 aliphatic carbocycles. The van der Waals surface area contributed by atoms with Crippen molar-refractivity contribution in [2.24, 2.45) is 0 Å². The van der Waals surface area contributed by atoms with E-state index < -0.39 is 0 Å². The van der Waals surface area contributed by atoms with Crippen LogP contribution in [0.1, 0.15) is 5.69 Å². The molecule has 0 saturated carbocycles. The van der Waals surface area contributed by atoms with Gasteiger partial charge in [0.1, 0.15) is 17.0 Å². The van der Waals surface area contributed by atoms with Crippen LogP contribution in [0.4, 0.5) is 5.13 Å². The summed E-state index contributed by atoms with van der Waals surface area (Å²) >= 11 is 1.35. The van der Waals surface area contributed by atoms with Crippen molar-refractivity contribution in [3.05, 3.63) is 65.7 Å². The van der Waals surface area contributed by atoms with Crippen LogP contribution in [0, 0.1) is 0 Å². The van der Waals surface area contributed by atoms with Crippen LogP contribution in [0.25, 0.3) is 33.4 Å². The first-order valence-electron chi connectivity index (χ1n) is 8.34. The monoisotopic (exact) mass is 375 g/mol. The van der Waals surface area contributed by atoms with Crippen LogP contribution in [0.15, 0.2) is 68.9 Å². The molecular formula is C20H13N3O3S. The van der Waals surface area contributed by atoms with Gasteiger partial charge < -0.3 is 14.3 Å². The molecule has 2 aromatic carbocycles. The predicted octanol–water partition coefficient (Wildman–Crippen LogP) is 4.88. The van der Waals surface area contributed by atoms with E-state index in [1.54, 1.807) is 0 Å². The second-order valence-corrected chi connectivity index (χ2v) is 6.89. The molecule has 5 rings (SSSR count). The summed E-state index contributed by atoms with van der Waals surface area (Å²) in [4.78, 5) is 16.8. The lowest BCUT2D eigenvalue weighted by Crippen LogP contribution is -2.14. The predicted molar refractivity (Wildman–Crippen MR) is 104 cm³/mol. The van der Waals surface area contributed by atoms with E-state index in [9.17, 15) is 4.79 Å². The Balaban J connectivity index is 1.33. The van der Waals surface area contributed by atoms with Gasteiger partial charge in [-0.15, -0.1) is 11.3 Å². The Hall–Kier alpha value is -3.45. The highest BCUT2D eigenvalue weighted by molar-refractivity contribution is 7.14. The van der Waals surface area contributed by atoms with E-state index >= 15 is 0 Å². The maximum atomic E-state index is 12.4. The lowest BCUT2D eigenvalue weighted by atomic mass is 10.2. The van der Waals surface area contributed by atoms with Crippen molar-refractivity contribution in [3.8, 4) is 11.5 Å². The Morgan fingerprint density at radius 3 is 2.78 bits per heavy atom. The number of aromatic nitrogens is 2. The number of carbonyl (C=O) groups excluding carboxylic acids is 1. The minimum Gasteiger partial charge on any atom is -0.454 e. The van der Waals surface area contributed by atoms with Gasteiger partial charge in [0.05, 0.1) is 6.42 Å². The highest BCUT2D eigenvalue weighted by Gasteiger charge is 2.15. The normalized spacial score (nSPS) is 11.3. The second kappa shape index (κ2) is 6.37. The smallest absolute Gasteiger partial charge is 0.232 e. The molecule has 1 amide bonds. The zero-order chi connectivity index (χ0) is 18.2. The van der Waals surface area contributed by atoms with Gasteiger partial charge in [-0.05, 0) is 24.3 Å². The molecule has 0 bridgehead atoms. The molecule has 132 valence electrons. The molecule has 0 atom stereocenters. The third kappa shape index (κ3) is 2.98. The minimum absolute atomic E-state index is 0.122. The van der Waals surface area contributed by atoms with Gasteiger partial charge in [-0.3, -0.25) is 4.79 Å². The SMILES string of the molecule is O=C(Cc1noc2ccccc12)Nc1nc(-c2cc3ccccc3o2)cs1. The Morgan fingerprint density at radius 2 is 1.89 bits per heavy atom. The maximum absolute atomic E-state index is 12.4. The summed E-state index contributed by atoms with van der Waals surface area (Å²) in [5.74, 6) is 0.481. The summed E-state index contributed by atoms with van der Waals surface area (Å²) in [6.07, 6.45) is 0.122. The fraction of sp³-hybridized carbons (Fsp3) is 0.0500. The highest BCUT2D eigenvalue weighted by Crippen LogP contribution is 2.30. The average molecular weight is 375 g/mol. The van der Waals surface area contributed by atoms with Crippen LogP contribution >= 0.6 is 11.3 Å². The van der Waals surface area contributed by atoms with Gasteiger partial charge in [-0.2, -0.15) is 0 Å². The first-order chi connectivity index (χ1) is 13.3. The van der Waals surface area contributed by atoms with Gasteiger partial charge in [-0.1, -0.05) is 35.5 Å². The summed E-state index contributed by atoms with van der Waals surface area (Å²) in [5.41, 5.74) is 2.78. The quantitative estimate of drug-likeness (QED) is 0.484. The first kappa shape index (κ1) is 15.8. The number of thiazole rings is 1. The van der Waals surface area contributed by atoms with Crippen LogP contribution in [-0.2, 0) is 11.2 Å². The molecule has 0 saturated heterocycles. The molecular weight excluding hydrogens is 362 g/mol. The number of carbonyl (C=O) groups is 1. The van der Waals surface area contributed by atoms with E-state index in [4.69, 9.17) is 8.94 Å². The molecule has 27 heavy (non-hydrogen) atoms. The van der Waals surface area contributed by atoms with Gasteiger partial charge in [-0.25, -0.2) is 4.98 Å². The lowest BCUT2D eigenvalue weighted by molar-refractivity contribution is -0.115. The van der Waals surface area contributed by atoms with Crippen LogP contribution in [0.2, 0.25) is 0 Å². The number of nitrogens with one attached hydrogen (secondary N) is 1. The molecule has 0 spiro atoms. The molecule has 3 heterocycles. The third-order valence-electron chi connectivity index (χ3n) is 4.21. The maximum Gasteiger partial charge on any atom is 0.232 e. The first-order valence-corrected chi connectivity index (χ1v) is 9.22. The Bertz CT molecular complexity index is 1230. The van der Waals surface area contributed by atoms with Crippen molar-refractivity contribution < 1.29 is 13.7 Å². The number of para-hydroxylation sites is 2. The number of nitrogens with zero attached hydrogens (tertiary/aromatic N) is 2. The van der Waals surface area contributed by atoms with Crippen LogP contribution in [0.5, 0.6) is 0 Å². The number of amides is 1. The standard InChI is InChI=1S/C20H13N3O3S/c24-19(10-14-13-6-2-4-8-17(13)26-23-14)22-20-21-15(11-27-20)18-9-12-5-1-3-7-16(12)25-18/h1-9,11H,10H2,(H,21,22,24). The highest BCUT2D eigenvalue weighted by atomic mass is 32.1. The number of hydrogen-bond acceptors (Lipinski definition) is 6. The lowest BCUT2D eigenvalue weighted by Gasteiger charge is -1.99. The number of anilines is 1. The third-order valence-corrected chi connectivity index (χ3v) is 4.97. The van der Waals surface area contributed by atoms with Gasteiger partial charge in [0.2, 0.25) is 5.91 Å². The van der Waals surface area contributed by atoms with Crippen molar-refractivity contribution in [3.63, 3.8) is 0 Å². The van der Waals surface area contributed by atoms with Crippen molar-refractivity contribution in [2.45, 2.75) is 6.42 Å². The number of benzene rings is 2. The number of fused-ring (bicyclic) bond motifs is 2. The Morgan fingerprint density at radius 1 is 1.07 bits per heavy atom. The van der Waals surface area contributed by atoms with E-state index in [-0.39, 0.29) is 12.3 Å². The Kier molecular flexibility index (Phi) is 3.72. The van der Waals surface area contributed by atoms with E-state index in [0.29, 0.717) is 27.9 Å². The van der Waals surface area contributed by atoms with Crippen molar-refractivity contribution in [1.29, 1.82) is 0 Å². The number of furan rings is 1. The second-order valence-electron chi connectivity index (χ2n) is 6.04. The van der Waals surface area contributed by atoms with Gasteiger partial charge in [0.25, 0.3) is 0 Å². The van der Waals surface area contributed by atoms with Gasteiger partial charge >= 0.3 is 0 Å². The zero-order valence-corrected chi connectivity index (χ0v) is 14.8. The van der Waals surface area contributed by atoms with Gasteiger partial charge in [0.15, 0.2) is 16.5 Å². The average Bonchev–Trinajstić information content (AvgIpc) is 3.40. The van der Waals surface area contributed by atoms with E-state index in [1.807, 2.05) is 60.0 Å². The zero-order valence-electron chi connectivity index (χ0n) is 14.0. The van der Waals surface area contributed by atoms with E-state index in [1.165, 1.54) is 11.3 Å². The van der Waals surface area contributed by atoms with Crippen LogP contribution in [0.3, 0.4) is 0 Å². The Labute approximate surface area is 157 Å². The molecule has 7 heteroatoms. The molecule has 3 aromatic heterocycles. The fourth-order valence-electron chi connectivity index (χ4n) is 2.93. The molecule has 0 radical (unpaired) electrons. The van der Waals surface area contributed by atoms with Crippen LogP contribution < -0.4 is 5.32 Å². The van der Waals surface area contributed by atoms with Crippen LogP contribution in [-0.4, -0.2) is 16.0 Å². The summed E-state index contributed by atoms with van der Waals surface area (Å²) in [6.45, 7) is 0. The fourth-order valence-corrected chi connectivity index (χ4v) is 3.65. The summed E-state index contributed by atoms with van der Waals surface area (Å²) in [7, 11) is 0. The summed E-state index contributed by atoms with van der Waals surface area (Å²) < 4.78 is 11.1. The molecule has 0 unspecified atom stereocenters. The van der Waals surface area contributed by atoms with Gasteiger partial charge in [0, 0.05) is 16.2 Å². The number of hydrogen-bond donors (Lipinski definition) is 1. The minimum atomic E-state index is -0.195. The van der Waals surface area contributed by atoms with Crippen molar-refractivity contribution in [1.82, 2.24) is 10.1 Å². The topological polar surface area (TPSA) is 81.2 Å². The molecule has 5 aromatic rings. The van der Waals surface area contributed by atoms with E-state index in [0.717, 1.165) is 16.4 Å². The van der Waals surface area contributed by atoms with E-state index in [2.05, 4.69) is 15.5 Å². The van der Waals surface area contributed by atoms with Crippen molar-refractivity contribution in [2.75, 3.05) is 5.32 Å². The summed E-state index contributed by atoms with van der Waals surface area (Å²) in [5, 5.41) is 11.0. The molecule has 6 nitrogen and oxygen atoms in total. The summed E-state index contributed by atoms with van der Waals surface area (Å²) in [6, 6.07) is 17.2. The molecule has 0 aliphatic heterocycles. The molecule has 0 fully saturated rings. The number of rotatable bonds is 4. The largest absolute Gasteiger partial charge is 0.454 e. The molecule has 1 N–H and O–H groups in total. The molecule has 0 aliphatic rings. The van der Waals surface area contributed by atoms with Crippen molar-refractivity contribution >= 4 is 44.3 Å².